The van der Waals surface area contributed by atoms with Crippen molar-refractivity contribution in [3.63, 3.8) is 0 Å². The maximum Gasteiger partial charge on any atom is 0.120 e. The highest BCUT2D eigenvalue weighted by atomic mass is 35.5. The van der Waals surface area contributed by atoms with Crippen LogP contribution in [0.2, 0.25) is 0 Å². The van der Waals surface area contributed by atoms with E-state index in [4.69, 9.17) is 21.1 Å². The monoisotopic (exact) mass is 408 g/mol. The maximum atomic E-state index is 5.70. The first-order valence-corrected chi connectivity index (χ1v) is 10.6. The van der Waals surface area contributed by atoms with Gasteiger partial charge in [0.15, 0.2) is 0 Å². The molecule has 4 heteroatoms. The molecular weight excluding hydrogens is 388 g/mol. The number of methoxy groups -OCH3 is 1. The molecule has 0 saturated heterocycles. The second kappa shape index (κ2) is 8.68. The van der Waals surface area contributed by atoms with Gasteiger partial charge in [-0.3, -0.25) is 0 Å². The molecule has 0 atom stereocenters. The number of fused-ring (bicyclic) bond motifs is 1. The highest BCUT2D eigenvalue weighted by molar-refractivity contribution is 7.22. The van der Waals surface area contributed by atoms with Crippen LogP contribution in [0.25, 0.3) is 20.5 Å². The Morgan fingerprint density at radius 2 is 1.64 bits per heavy atom. The molecule has 1 aromatic heterocycles. The summed E-state index contributed by atoms with van der Waals surface area (Å²) in [5.41, 5.74) is 3.86. The minimum absolute atomic E-state index is 0.493. The largest absolute Gasteiger partial charge is 0.497 e. The minimum atomic E-state index is 0.493. The topological polar surface area (TPSA) is 18.5 Å². The van der Waals surface area contributed by atoms with E-state index in [9.17, 15) is 0 Å². The first kappa shape index (κ1) is 18.9. The molecular formula is C24H21ClO2S. The zero-order valence-electron chi connectivity index (χ0n) is 15.7. The molecule has 28 heavy (non-hydrogen) atoms. The molecule has 0 unspecified atom stereocenters. The first-order chi connectivity index (χ1) is 13.8. The molecule has 3 aromatic carbocycles. The summed E-state index contributed by atoms with van der Waals surface area (Å²) in [6, 6.07) is 25.2. The molecule has 0 N–H and O–H groups in total. The van der Waals surface area contributed by atoms with Crippen LogP contribution in [-0.4, -0.2) is 19.6 Å². The summed E-state index contributed by atoms with van der Waals surface area (Å²) in [7, 11) is 1.71. The van der Waals surface area contributed by atoms with Gasteiger partial charge in [0.25, 0.3) is 0 Å². The van der Waals surface area contributed by atoms with Gasteiger partial charge in [-0.1, -0.05) is 42.5 Å². The van der Waals surface area contributed by atoms with E-state index in [1.807, 2.05) is 29.5 Å². The van der Waals surface area contributed by atoms with Gasteiger partial charge in [-0.15, -0.1) is 22.9 Å². The lowest BCUT2D eigenvalue weighted by Gasteiger charge is -2.08. The number of halogens is 1. The van der Waals surface area contributed by atoms with Crippen molar-refractivity contribution in [1.29, 1.82) is 0 Å². The van der Waals surface area contributed by atoms with E-state index in [2.05, 4.69) is 54.6 Å². The second-order valence-corrected chi connectivity index (χ2v) is 7.93. The van der Waals surface area contributed by atoms with Crippen LogP contribution in [0.15, 0.2) is 72.8 Å². The molecule has 4 aromatic rings. The van der Waals surface area contributed by atoms with Gasteiger partial charge in [-0.2, -0.15) is 0 Å². The van der Waals surface area contributed by atoms with Crippen LogP contribution in [-0.2, 0) is 6.42 Å². The predicted molar refractivity (Wildman–Crippen MR) is 119 cm³/mol. The third kappa shape index (κ3) is 4.01. The summed E-state index contributed by atoms with van der Waals surface area (Å²) in [5.74, 6) is 2.24. The van der Waals surface area contributed by atoms with Crippen molar-refractivity contribution in [3.05, 3.63) is 83.9 Å². The quantitative estimate of drug-likeness (QED) is 0.313. The standard InChI is InChI=1S/C24H21ClO2S/c1-26-20-11-12-21-22(15-17-7-9-19(10-8-17)27-14-13-25)24(28-23(21)16-20)18-5-3-2-4-6-18/h2-12,16H,13-15H2,1H3. The van der Waals surface area contributed by atoms with E-state index in [0.29, 0.717) is 12.5 Å². The van der Waals surface area contributed by atoms with E-state index in [0.717, 1.165) is 17.9 Å². The highest BCUT2D eigenvalue weighted by Gasteiger charge is 2.15. The summed E-state index contributed by atoms with van der Waals surface area (Å²) in [4.78, 5) is 1.31. The van der Waals surface area contributed by atoms with Gasteiger partial charge < -0.3 is 9.47 Å². The van der Waals surface area contributed by atoms with Gasteiger partial charge in [0.2, 0.25) is 0 Å². The Morgan fingerprint density at radius 3 is 2.36 bits per heavy atom. The lowest BCUT2D eigenvalue weighted by molar-refractivity contribution is 0.342. The van der Waals surface area contributed by atoms with Crippen LogP contribution >= 0.6 is 22.9 Å². The van der Waals surface area contributed by atoms with Crippen LogP contribution in [0.5, 0.6) is 11.5 Å². The Hall–Kier alpha value is -2.49. The number of thiophene rings is 1. The molecule has 1 heterocycles. The smallest absolute Gasteiger partial charge is 0.120 e. The Bertz CT molecular complexity index is 1060. The molecule has 0 radical (unpaired) electrons. The molecule has 0 amide bonds. The SMILES string of the molecule is COc1ccc2c(Cc3ccc(OCCCl)cc3)c(-c3ccccc3)sc2c1. The van der Waals surface area contributed by atoms with E-state index in [-0.39, 0.29) is 0 Å². The zero-order chi connectivity index (χ0) is 19.3. The average Bonchev–Trinajstić information content (AvgIpc) is 3.11. The fourth-order valence-electron chi connectivity index (χ4n) is 3.32. The predicted octanol–water partition coefficient (Wildman–Crippen LogP) is 6.79. The van der Waals surface area contributed by atoms with Crippen LogP contribution in [0.4, 0.5) is 0 Å². The molecule has 0 spiro atoms. The molecule has 0 saturated carbocycles. The van der Waals surface area contributed by atoms with Crippen LogP contribution in [0.1, 0.15) is 11.1 Å². The minimum Gasteiger partial charge on any atom is -0.497 e. The van der Waals surface area contributed by atoms with Gasteiger partial charge in [0, 0.05) is 9.58 Å². The van der Waals surface area contributed by atoms with Gasteiger partial charge in [0.1, 0.15) is 18.1 Å². The summed E-state index contributed by atoms with van der Waals surface area (Å²) in [6.45, 7) is 0.524. The van der Waals surface area contributed by atoms with Crippen LogP contribution in [0, 0.1) is 0 Å². The molecule has 0 aliphatic carbocycles. The third-order valence-corrected chi connectivity index (χ3v) is 6.08. The summed E-state index contributed by atoms with van der Waals surface area (Å²) in [5, 5.41) is 1.28. The second-order valence-electron chi connectivity index (χ2n) is 6.50. The lowest BCUT2D eigenvalue weighted by Crippen LogP contribution is -1.98. The molecule has 2 nitrogen and oxygen atoms in total. The molecule has 0 bridgehead atoms. The summed E-state index contributed by atoms with van der Waals surface area (Å²) in [6.07, 6.45) is 0.867. The van der Waals surface area contributed by atoms with Crippen molar-refractivity contribution in [1.82, 2.24) is 0 Å². The number of ether oxygens (including phenoxy) is 2. The van der Waals surface area contributed by atoms with Gasteiger partial charge in [-0.05, 0) is 58.8 Å². The Balaban J connectivity index is 1.74. The first-order valence-electron chi connectivity index (χ1n) is 9.21. The van der Waals surface area contributed by atoms with Crippen molar-refractivity contribution < 1.29 is 9.47 Å². The van der Waals surface area contributed by atoms with E-state index < -0.39 is 0 Å². The Labute approximate surface area is 174 Å². The number of rotatable bonds is 7. The summed E-state index contributed by atoms with van der Waals surface area (Å²) >= 11 is 7.52. The molecule has 4 rings (SSSR count). The van der Waals surface area contributed by atoms with Crippen molar-refractivity contribution >= 4 is 33.0 Å². The Kier molecular flexibility index (Phi) is 5.84. The van der Waals surface area contributed by atoms with Crippen LogP contribution in [0.3, 0.4) is 0 Å². The Morgan fingerprint density at radius 1 is 0.893 bits per heavy atom. The average molecular weight is 409 g/mol. The fraction of sp³-hybridized carbons (Fsp3) is 0.167. The maximum absolute atomic E-state index is 5.70. The van der Waals surface area contributed by atoms with Crippen LogP contribution < -0.4 is 9.47 Å². The van der Waals surface area contributed by atoms with E-state index in [1.54, 1.807) is 7.11 Å². The van der Waals surface area contributed by atoms with Crippen molar-refractivity contribution in [3.8, 4) is 21.9 Å². The number of hydrogen-bond acceptors (Lipinski definition) is 3. The highest BCUT2D eigenvalue weighted by Crippen LogP contribution is 2.41. The number of hydrogen-bond donors (Lipinski definition) is 0. The normalized spacial score (nSPS) is 10.9. The van der Waals surface area contributed by atoms with E-state index in [1.165, 1.54) is 31.7 Å². The van der Waals surface area contributed by atoms with Gasteiger partial charge >= 0.3 is 0 Å². The molecule has 0 fully saturated rings. The fourth-order valence-corrected chi connectivity index (χ4v) is 4.65. The van der Waals surface area contributed by atoms with Crippen molar-refractivity contribution in [2.45, 2.75) is 6.42 Å². The van der Waals surface area contributed by atoms with Crippen molar-refractivity contribution in [2.75, 3.05) is 19.6 Å². The third-order valence-electron chi connectivity index (χ3n) is 4.69. The molecule has 142 valence electrons. The summed E-state index contributed by atoms with van der Waals surface area (Å²) < 4.78 is 12.3. The lowest BCUT2D eigenvalue weighted by atomic mass is 9.99. The molecule has 0 aliphatic rings. The van der Waals surface area contributed by atoms with E-state index >= 15 is 0 Å². The number of benzene rings is 3. The molecule has 0 aliphatic heterocycles. The van der Waals surface area contributed by atoms with Gasteiger partial charge in [-0.25, -0.2) is 0 Å². The zero-order valence-corrected chi connectivity index (χ0v) is 17.2. The van der Waals surface area contributed by atoms with Crippen molar-refractivity contribution in [2.24, 2.45) is 0 Å². The number of alkyl halides is 1. The van der Waals surface area contributed by atoms with Gasteiger partial charge in [0.05, 0.1) is 13.0 Å².